The number of halogens is 3. The van der Waals surface area contributed by atoms with E-state index in [0.717, 1.165) is 27.1 Å². The molecule has 0 saturated heterocycles. The lowest BCUT2D eigenvalue weighted by molar-refractivity contribution is -0.274. The number of thiophene rings is 1. The van der Waals surface area contributed by atoms with E-state index in [1.54, 1.807) is 31.2 Å². The first kappa shape index (κ1) is 25.5. The van der Waals surface area contributed by atoms with Gasteiger partial charge < -0.3 is 14.9 Å². The highest BCUT2D eigenvalue weighted by molar-refractivity contribution is 7.15. The molecule has 1 aliphatic rings. The molecule has 1 atom stereocenters. The Hall–Kier alpha value is -4.19. The molecule has 0 amide bonds. The van der Waals surface area contributed by atoms with Crippen LogP contribution in [0.2, 0.25) is 0 Å². The highest BCUT2D eigenvalue weighted by atomic mass is 32.1. The van der Waals surface area contributed by atoms with Crippen molar-refractivity contribution >= 4 is 23.0 Å². The number of aliphatic imine (C=N–C) groups is 1. The van der Waals surface area contributed by atoms with Crippen LogP contribution in [0.1, 0.15) is 45.7 Å². The van der Waals surface area contributed by atoms with E-state index in [1.807, 2.05) is 18.4 Å². The number of aliphatic carboxylic acids is 1. The molecular formula is C26H21F3N4O4S. The topological polar surface area (TPSA) is 110 Å². The maximum Gasteiger partial charge on any atom is 0.573 e. The summed E-state index contributed by atoms with van der Waals surface area (Å²) >= 11 is 1.53. The number of carbonyl (C=O) groups is 1. The lowest BCUT2D eigenvalue weighted by atomic mass is 9.96. The maximum atomic E-state index is 13.0. The standard InChI is InChI=1S/C26H21F3N4O4S/c1-12-13(2)38-25-22(12)23(30-19(11-21(35)36)24-32-31-14(3)33(24)25)16-6-4-15(5-7-16)18-9-8-17(34)10-20(18)37-26(27,28)29/h4-10,19,34H,11H2,1-3H3,(H,35,36)/t19-/m0/s1. The van der Waals surface area contributed by atoms with E-state index in [-0.39, 0.29) is 17.7 Å². The Morgan fingerprint density at radius 2 is 1.76 bits per heavy atom. The Bertz CT molecular complexity index is 1590. The second kappa shape index (κ2) is 9.28. The van der Waals surface area contributed by atoms with Gasteiger partial charge in [-0.1, -0.05) is 24.3 Å². The van der Waals surface area contributed by atoms with Crippen molar-refractivity contribution in [3.63, 3.8) is 0 Å². The van der Waals surface area contributed by atoms with Crippen molar-refractivity contribution in [3.8, 4) is 27.6 Å². The Morgan fingerprint density at radius 1 is 1.08 bits per heavy atom. The van der Waals surface area contributed by atoms with Crippen molar-refractivity contribution in [2.75, 3.05) is 0 Å². The molecule has 3 heterocycles. The van der Waals surface area contributed by atoms with Gasteiger partial charge >= 0.3 is 12.3 Å². The fourth-order valence-corrected chi connectivity index (χ4v) is 5.67. The highest BCUT2D eigenvalue weighted by Crippen LogP contribution is 2.40. The third-order valence-corrected chi connectivity index (χ3v) is 7.46. The fourth-order valence-electron chi connectivity index (χ4n) is 4.46. The van der Waals surface area contributed by atoms with E-state index in [0.29, 0.717) is 28.5 Å². The Balaban J connectivity index is 1.64. The number of hydrogen-bond donors (Lipinski definition) is 2. The zero-order valence-corrected chi connectivity index (χ0v) is 21.2. The molecule has 2 aromatic heterocycles. The summed E-state index contributed by atoms with van der Waals surface area (Å²) in [5.74, 6) is -0.895. The number of phenols is 1. The van der Waals surface area contributed by atoms with Gasteiger partial charge in [0.1, 0.15) is 28.4 Å². The largest absolute Gasteiger partial charge is 0.573 e. The molecule has 0 unspecified atom stereocenters. The lowest BCUT2D eigenvalue weighted by Crippen LogP contribution is -2.17. The normalized spacial score (nSPS) is 14.9. The number of aromatic nitrogens is 3. The van der Waals surface area contributed by atoms with Crippen LogP contribution in [0.3, 0.4) is 0 Å². The summed E-state index contributed by atoms with van der Waals surface area (Å²) in [6.45, 7) is 5.74. The maximum absolute atomic E-state index is 13.0. The molecule has 0 bridgehead atoms. The molecule has 5 rings (SSSR count). The summed E-state index contributed by atoms with van der Waals surface area (Å²) in [5.41, 5.74) is 3.58. The second-order valence-electron chi connectivity index (χ2n) is 8.80. The Kier molecular flexibility index (Phi) is 6.22. The van der Waals surface area contributed by atoms with Gasteiger partial charge in [0, 0.05) is 27.6 Å². The van der Waals surface area contributed by atoms with Gasteiger partial charge in [-0.25, -0.2) is 0 Å². The molecule has 196 valence electrons. The van der Waals surface area contributed by atoms with Crippen molar-refractivity contribution < 1.29 is 32.9 Å². The number of hydrogen-bond acceptors (Lipinski definition) is 7. The number of carboxylic acids is 1. The molecule has 1 aliphatic heterocycles. The van der Waals surface area contributed by atoms with Gasteiger partial charge in [0.15, 0.2) is 5.82 Å². The highest BCUT2D eigenvalue weighted by Gasteiger charge is 2.34. The summed E-state index contributed by atoms with van der Waals surface area (Å²) in [6.07, 6.45) is -5.22. The second-order valence-corrected chi connectivity index (χ2v) is 10.0. The van der Waals surface area contributed by atoms with Crippen molar-refractivity contribution in [2.45, 2.75) is 39.6 Å². The van der Waals surface area contributed by atoms with E-state index in [2.05, 4.69) is 14.9 Å². The van der Waals surface area contributed by atoms with Crippen LogP contribution < -0.4 is 4.74 Å². The number of carboxylic acid groups (broad SMARTS) is 1. The van der Waals surface area contributed by atoms with Crippen LogP contribution in [-0.2, 0) is 4.79 Å². The first-order valence-electron chi connectivity index (χ1n) is 11.4. The Morgan fingerprint density at radius 3 is 2.42 bits per heavy atom. The quantitative estimate of drug-likeness (QED) is 0.325. The molecule has 2 aromatic carbocycles. The van der Waals surface area contributed by atoms with Crippen molar-refractivity contribution in [3.05, 3.63) is 75.7 Å². The summed E-state index contributed by atoms with van der Waals surface area (Å²) in [5, 5.41) is 28.5. The molecule has 0 radical (unpaired) electrons. The van der Waals surface area contributed by atoms with E-state index in [4.69, 9.17) is 4.99 Å². The lowest BCUT2D eigenvalue weighted by Gasteiger charge is -2.15. The molecule has 8 nitrogen and oxygen atoms in total. The van der Waals surface area contributed by atoms with Gasteiger partial charge in [-0.15, -0.1) is 34.7 Å². The number of nitrogens with zero attached hydrogens (tertiary/aromatic N) is 4. The van der Waals surface area contributed by atoms with Crippen LogP contribution in [0.5, 0.6) is 11.5 Å². The van der Waals surface area contributed by atoms with E-state index < -0.39 is 24.1 Å². The van der Waals surface area contributed by atoms with Crippen molar-refractivity contribution in [1.29, 1.82) is 0 Å². The average Bonchev–Trinajstić information content (AvgIpc) is 3.30. The zero-order chi connectivity index (χ0) is 27.4. The van der Waals surface area contributed by atoms with Gasteiger partial charge in [-0.2, -0.15) is 0 Å². The van der Waals surface area contributed by atoms with Crippen molar-refractivity contribution in [2.24, 2.45) is 4.99 Å². The molecule has 2 N–H and O–H groups in total. The van der Waals surface area contributed by atoms with Gasteiger partial charge in [-0.3, -0.25) is 14.4 Å². The summed E-state index contributed by atoms with van der Waals surface area (Å²) < 4.78 is 44.9. The number of phenolic OH excluding ortho intramolecular Hbond substituents is 1. The van der Waals surface area contributed by atoms with E-state index >= 15 is 0 Å². The van der Waals surface area contributed by atoms with Gasteiger partial charge in [0.2, 0.25) is 0 Å². The van der Waals surface area contributed by atoms with Crippen LogP contribution in [0.15, 0.2) is 47.5 Å². The van der Waals surface area contributed by atoms with Crippen LogP contribution in [0.4, 0.5) is 13.2 Å². The smallest absolute Gasteiger partial charge is 0.508 e. The van der Waals surface area contributed by atoms with Gasteiger partial charge in [0.05, 0.1) is 12.1 Å². The summed E-state index contributed by atoms with van der Waals surface area (Å²) in [4.78, 5) is 17.6. The zero-order valence-electron chi connectivity index (χ0n) is 20.4. The van der Waals surface area contributed by atoms with Crippen LogP contribution >= 0.6 is 11.3 Å². The van der Waals surface area contributed by atoms with Gasteiger partial charge in [-0.05, 0) is 44.0 Å². The minimum atomic E-state index is -4.93. The minimum absolute atomic E-state index is 0.142. The molecule has 4 aromatic rings. The summed E-state index contributed by atoms with van der Waals surface area (Å²) in [7, 11) is 0. The SMILES string of the molecule is Cc1sc2c(c1C)C(c1ccc(-c3ccc(O)cc3OC(F)(F)F)cc1)=N[C@@H](CC(=O)O)c1nnc(C)n1-2. The third-order valence-electron chi connectivity index (χ3n) is 6.27. The fraction of sp³-hybridized carbons (Fsp3) is 0.231. The monoisotopic (exact) mass is 542 g/mol. The predicted octanol–water partition coefficient (Wildman–Crippen LogP) is 5.89. The number of benzene rings is 2. The third kappa shape index (κ3) is 4.62. The van der Waals surface area contributed by atoms with E-state index in [1.165, 1.54) is 23.5 Å². The number of alkyl halides is 3. The molecule has 0 spiro atoms. The number of ether oxygens (including phenoxy) is 1. The first-order chi connectivity index (χ1) is 17.9. The number of aromatic hydroxyl groups is 1. The average molecular weight is 543 g/mol. The molecular weight excluding hydrogens is 521 g/mol. The van der Waals surface area contributed by atoms with Crippen molar-refractivity contribution in [1.82, 2.24) is 14.8 Å². The summed E-state index contributed by atoms with van der Waals surface area (Å²) in [6, 6.07) is 9.42. The van der Waals surface area contributed by atoms with E-state index in [9.17, 15) is 28.2 Å². The number of aryl methyl sites for hydroxylation is 2. The number of fused-ring (bicyclic) bond motifs is 3. The van der Waals surface area contributed by atoms with Crippen LogP contribution in [0.25, 0.3) is 16.1 Å². The minimum Gasteiger partial charge on any atom is -0.508 e. The first-order valence-corrected chi connectivity index (χ1v) is 12.3. The molecule has 0 aliphatic carbocycles. The van der Waals surface area contributed by atoms with Crippen LogP contribution in [0, 0.1) is 20.8 Å². The predicted molar refractivity (Wildman–Crippen MR) is 134 cm³/mol. The Labute approximate surface area is 218 Å². The molecule has 12 heteroatoms. The van der Waals surface area contributed by atoms with Crippen LogP contribution in [-0.4, -0.2) is 43.0 Å². The number of rotatable bonds is 5. The molecule has 0 fully saturated rings. The molecule has 0 saturated carbocycles. The molecule has 38 heavy (non-hydrogen) atoms. The van der Waals surface area contributed by atoms with Gasteiger partial charge in [0.25, 0.3) is 0 Å².